The number of carbonyl (C=O) groups excluding carboxylic acids is 2. The first-order chi connectivity index (χ1) is 7.11. The van der Waals surface area contributed by atoms with Gasteiger partial charge in [-0.2, -0.15) is 0 Å². The quantitative estimate of drug-likeness (QED) is 0.323. The summed E-state index contributed by atoms with van der Waals surface area (Å²) in [6.45, 7) is 0. The van der Waals surface area contributed by atoms with E-state index in [1.54, 1.807) is 10.9 Å². The molecule has 1 amide bonds. The molecule has 1 atom stereocenters. The van der Waals surface area contributed by atoms with Gasteiger partial charge in [-0.15, -0.1) is 4.57 Å². The molecule has 0 unspecified atom stereocenters. The predicted octanol–water partition coefficient (Wildman–Crippen LogP) is -4.03. The van der Waals surface area contributed by atoms with Gasteiger partial charge in [-0.1, -0.05) is 0 Å². The van der Waals surface area contributed by atoms with Crippen molar-refractivity contribution in [3.05, 3.63) is 18.2 Å². The van der Waals surface area contributed by atoms with Crippen molar-refractivity contribution < 1.29 is 42.9 Å². The summed E-state index contributed by atoms with van der Waals surface area (Å²) in [6, 6.07) is -0.878. The molecule has 1 aromatic rings. The second-order valence-corrected chi connectivity index (χ2v) is 3.50. The average molecular weight is 337 g/mol. The summed E-state index contributed by atoms with van der Waals surface area (Å²) in [4.78, 5) is 22.8. The minimum absolute atomic E-state index is 0. The monoisotopic (exact) mass is 337 g/mol. The molecule has 0 saturated heterocycles. The van der Waals surface area contributed by atoms with Crippen molar-refractivity contribution in [2.45, 2.75) is 12.5 Å². The maximum Gasteiger partial charge on any atom is 0.414 e. The number of hydrogen-bond acceptors (Lipinski definition) is 3. The lowest BCUT2D eigenvalue weighted by Gasteiger charge is -2.17. The van der Waals surface area contributed by atoms with E-state index in [4.69, 9.17) is 0 Å². The number of fused-ring (bicyclic) bond motifs is 1. The molecule has 0 bridgehead atoms. The van der Waals surface area contributed by atoms with Crippen molar-refractivity contribution in [2.75, 3.05) is 7.11 Å². The zero-order valence-electron chi connectivity index (χ0n) is 8.94. The lowest BCUT2D eigenvalue weighted by molar-refractivity contribution is -0.670. The van der Waals surface area contributed by atoms with Crippen LogP contribution in [0.3, 0.4) is 0 Å². The Balaban J connectivity index is 0.00000128. The molecule has 2 rings (SSSR count). The number of rotatable bonds is 1. The Morgan fingerprint density at radius 1 is 1.69 bits per heavy atom. The molecular formula is C9H12IN3O3. The topological polar surface area (TPSA) is 64.2 Å². The third kappa shape index (κ3) is 2.18. The fourth-order valence-electron chi connectivity index (χ4n) is 1.68. The highest BCUT2D eigenvalue weighted by molar-refractivity contribution is 5.86. The Labute approximate surface area is 110 Å². The highest BCUT2D eigenvalue weighted by Gasteiger charge is 2.34. The van der Waals surface area contributed by atoms with E-state index in [0.29, 0.717) is 6.42 Å². The average Bonchev–Trinajstić information content (AvgIpc) is 2.58. The summed E-state index contributed by atoms with van der Waals surface area (Å²) in [5.74, 6) is -0.418. The Morgan fingerprint density at radius 2 is 2.38 bits per heavy atom. The summed E-state index contributed by atoms with van der Waals surface area (Å²) < 4.78 is 7.85. The minimum atomic E-state index is -0.579. The Morgan fingerprint density at radius 3 is 3.00 bits per heavy atom. The van der Waals surface area contributed by atoms with E-state index in [1.165, 1.54) is 11.7 Å². The SMILES string of the molecule is COC(=O)[C@@H]1Cc2c[n+](C)cn2C(=O)N1.[I-]. The van der Waals surface area contributed by atoms with Crippen molar-refractivity contribution in [3.63, 3.8) is 0 Å². The van der Waals surface area contributed by atoms with E-state index in [1.807, 2.05) is 13.2 Å². The molecule has 0 saturated carbocycles. The number of methoxy groups -OCH3 is 1. The normalized spacial score (nSPS) is 18.1. The van der Waals surface area contributed by atoms with Gasteiger partial charge in [0.1, 0.15) is 12.2 Å². The van der Waals surface area contributed by atoms with E-state index in [9.17, 15) is 9.59 Å². The largest absolute Gasteiger partial charge is 1.00 e. The van der Waals surface area contributed by atoms with Gasteiger partial charge in [0.15, 0.2) is 5.69 Å². The molecule has 1 N–H and O–H groups in total. The number of ether oxygens (including phenoxy) is 1. The maximum absolute atomic E-state index is 11.6. The van der Waals surface area contributed by atoms with Crippen LogP contribution < -0.4 is 33.9 Å². The van der Waals surface area contributed by atoms with Gasteiger partial charge in [-0.3, -0.25) is 0 Å². The highest BCUT2D eigenvalue weighted by atomic mass is 127. The van der Waals surface area contributed by atoms with Crippen LogP contribution in [0.15, 0.2) is 12.5 Å². The molecule has 2 heterocycles. The first kappa shape index (κ1) is 12.9. The van der Waals surface area contributed by atoms with Gasteiger partial charge in [0.25, 0.3) is 6.33 Å². The van der Waals surface area contributed by atoms with E-state index >= 15 is 0 Å². The number of hydrogen-bond donors (Lipinski definition) is 1. The number of amides is 1. The molecule has 16 heavy (non-hydrogen) atoms. The zero-order chi connectivity index (χ0) is 11.0. The number of aryl methyl sites for hydroxylation is 1. The molecule has 1 aliphatic rings. The first-order valence-corrected chi connectivity index (χ1v) is 4.57. The molecule has 0 radical (unpaired) electrons. The van der Waals surface area contributed by atoms with Crippen LogP contribution in [0.2, 0.25) is 0 Å². The smallest absolute Gasteiger partial charge is 0.414 e. The van der Waals surface area contributed by atoms with E-state index < -0.39 is 12.0 Å². The molecule has 88 valence electrons. The number of carbonyl (C=O) groups is 2. The van der Waals surface area contributed by atoms with Crippen molar-refractivity contribution in [1.29, 1.82) is 0 Å². The molecule has 0 aromatic carbocycles. The summed E-state index contributed by atoms with van der Waals surface area (Å²) in [6.07, 6.45) is 3.94. The fraction of sp³-hybridized carbons (Fsp3) is 0.444. The number of nitrogens with zero attached hydrogens (tertiary/aromatic N) is 2. The van der Waals surface area contributed by atoms with Crippen LogP contribution in [0, 0.1) is 0 Å². The van der Waals surface area contributed by atoms with E-state index in [2.05, 4.69) is 10.1 Å². The Hall–Kier alpha value is -1.12. The Kier molecular flexibility index (Phi) is 3.89. The van der Waals surface area contributed by atoms with E-state index in [0.717, 1.165) is 5.69 Å². The van der Waals surface area contributed by atoms with Gasteiger partial charge in [0.05, 0.1) is 14.2 Å². The fourth-order valence-corrected chi connectivity index (χ4v) is 1.68. The van der Waals surface area contributed by atoms with Crippen LogP contribution in [0.4, 0.5) is 4.79 Å². The summed E-state index contributed by atoms with van der Waals surface area (Å²) in [5, 5.41) is 2.57. The second-order valence-electron chi connectivity index (χ2n) is 3.50. The molecule has 0 spiro atoms. The maximum atomic E-state index is 11.6. The van der Waals surface area contributed by atoms with Crippen molar-refractivity contribution in [3.8, 4) is 0 Å². The van der Waals surface area contributed by atoms with Gasteiger partial charge >= 0.3 is 12.0 Å². The molecule has 1 aliphatic heterocycles. The molecule has 6 nitrogen and oxygen atoms in total. The zero-order valence-corrected chi connectivity index (χ0v) is 11.1. The molecule has 1 aromatic heterocycles. The van der Waals surface area contributed by atoms with Gasteiger partial charge in [-0.05, 0) is 0 Å². The number of aromatic nitrogens is 2. The second kappa shape index (κ2) is 4.81. The van der Waals surface area contributed by atoms with Gasteiger partial charge in [0, 0.05) is 6.42 Å². The summed E-state index contributed by atoms with van der Waals surface area (Å²) in [5.41, 5.74) is 0.802. The minimum Gasteiger partial charge on any atom is -1.00 e. The van der Waals surface area contributed by atoms with Crippen molar-refractivity contribution in [2.24, 2.45) is 7.05 Å². The van der Waals surface area contributed by atoms with Crippen molar-refractivity contribution in [1.82, 2.24) is 9.88 Å². The number of nitrogens with one attached hydrogen (secondary N) is 1. The molecule has 0 aliphatic carbocycles. The lowest BCUT2D eigenvalue weighted by Crippen LogP contribution is -3.00. The van der Waals surface area contributed by atoms with Gasteiger partial charge in [-0.25, -0.2) is 14.2 Å². The highest BCUT2D eigenvalue weighted by Crippen LogP contribution is 2.09. The number of esters is 1. The lowest BCUT2D eigenvalue weighted by atomic mass is 10.1. The van der Waals surface area contributed by atoms with Gasteiger partial charge in [0.2, 0.25) is 0 Å². The molecule has 0 fully saturated rings. The predicted molar refractivity (Wildman–Crippen MR) is 49.0 cm³/mol. The van der Waals surface area contributed by atoms with Crippen LogP contribution in [0.1, 0.15) is 5.69 Å². The van der Waals surface area contributed by atoms with Gasteiger partial charge < -0.3 is 34.0 Å². The third-order valence-electron chi connectivity index (χ3n) is 2.38. The third-order valence-corrected chi connectivity index (χ3v) is 2.38. The van der Waals surface area contributed by atoms with E-state index in [-0.39, 0.29) is 30.0 Å². The number of imidazole rings is 1. The van der Waals surface area contributed by atoms with Crippen molar-refractivity contribution >= 4 is 12.0 Å². The number of halogens is 1. The van der Waals surface area contributed by atoms with Crippen LogP contribution >= 0.6 is 0 Å². The summed E-state index contributed by atoms with van der Waals surface area (Å²) >= 11 is 0. The van der Waals surface area contributed by atoms with Crippen LogP contribution in [0.5, 0.6) is 0 Å². The Bertz CT molecular complexity index is 430. The first-order valence-electron chi connectivity index (χ1n) is 4.57. The molecule has 7 heteroatoms. The van der Waals surface area contributed by atoms with Crippen LogP contribution in [-0.2, 0) is 23.0 Å². The standard InChI is InChI=1S/C9H11N3O3.HI/c1-11-4-6-3-7(8(13)15-2)10-9(14)12(6)5-11;/h4-5,7H,3H2,1-2H3;1H/t7-;/m0./s1. The van der Waals surface area contributed by atoms with Crippen LogP contribution in [0.25, 0.3) is 0 Å². The summed E-state index contributed by atoms with van der Waals surface area (Å²) in [7, 11) is 3.13. The van der Waals surface area contributed by atoms with Crippen LogP contribution in [-0.4, -0.2) is 29.7 Å². The molecular weight excluding hydrogens is 325 g/mol.